The van der Waals surface area contributed by atoms with Crippen LogP contribution in [0.5, 0.6) is 5.75 Å². The number of carbonyl (C=O) groups is 2. The third-order valence-corrected chi connectivity index (χ3v) is 6.45. The van der Waals surface area contributed by atoms with E-state index in [-0.39, 0.29) is 24.4 Å². The van der Waals surface area contributed by atoms with E-state index in [2.05, 4.69) is 11.4 Å². The van der Waals surface area contributed by atoms with Crippen LogP contribution >= 0.6 is 0 Å². The number of fused-ring (bicyclic) bond motifs is 3. The molecule has 4 aromatic rings. The maximum absolute atomic E-state index is 13.7. The molecule has 0 unspecified atom stereocenters. The summed E-state index contributed by atoms with van der Waals surface area (Å²) in [6.07, 6.45) is 0. The van der Waals surface area contributed by atoms with E-state index in [0.29, 0.717) is 5.69 Å². The molecule has 2 amide bonds. The molecule has 0 spiro atoms. The zero-order chi connectivity index (χ0) is 24.0. The fourth-order valence-corrected chi connectivity index (χ4v) is 5.07. The Morgan fingerprint density at radius 2 is 1.68 bits per heavy atom. The number of anilines is 1. The van der Waals surface area contributed by atoms with Crippen LogP contribution in [0.2, 0.25) is 0 Å². The van der Waals surface area contributed by atoms with E-state index >= 15 is 0 Å². The predicted octanol–water partition coefficient (Wildman–Crippen LogP) is 4.99. The van der Waals surface area contributed by atoms with Crippen LogP contribution in [0.3, 0.4) is 0 Å². The number of ether oxygens (including phenoxy) is 1. The third-order valence-electron chi connectivity index (χ3n) is 6.45. The van der Waals surface area contributed by atoms with Crippen LogP contribution in [0.25, 0.3) is 10.9 Å². The van der Waals surface area contributed by atoms with Crippen molar-refractivity contribution >= 4 is 28.4 Å². The summed E-state index contributed by atoms with van der Waals surface area (Å²) in [4.78, 5) is 28.5. The summed E-state index contributed by atoms with van der Waals surface area (Å²) in [6, 6.07) is 21.2. The van der Waals surface area contributed by atoms with E-state index in [0.717, 1.165) is 44.6 Å². The molecule has 1 N–H and O–H groups in total. The molecular formula is C28H27N3O3. The molecule has 2 heterocycles. The quantitative estimate of drug-likeness (QED) is 0.463. The lowest BCUT2D eigenvalue weighted by atomic mass is 9.98. The minimum absolute atomic E-state index is 0.0501. The minimum Gasteiger partial charge on any atom is -0.497 e. The summed E-state index contributed by atoms with van der Waals surface area (Å²) in [6.45, 7) is 3.94. The number of aromatic nitrogens is 1. The van der Waals surface area contributed by atoms with Gasteiger partial charge in [0.25, 0.3) is 5.91 Å². The Labute approximate surface area is 198 Å². The van der Waals surface area contributed by atoms with Gasteiger partial charge in [-0.25, -0.2) is 0 Å². The van der Waals surface area contributed by atoms with Crippen molar-refractivity contribution in [1.29, 1.82) is 0 Å². The second kappa shape index (κ2) is 8.37. The van der Waals surface area contributed by atoms with Gasteiger partial charge >= 0.3 is 0 Å². The van der Waals surface area contributed by atoms with Crippen molar-refractivity contribution in [1.82, 2.24) is 9.47 Å². The zero-order valence-electron chi connectivity index (χ0n) is 19.8. The van der Waals surface area contributed by atoms with Crippen molar-refractivity contribution in [2.75, 3.05) is 19.0 Å². The first-order valence-electron chi connectivity index (χ1n) is 11.3. The Morgan fingerprint density at radius 3 is 2.35 bits per heavy atom. The molecule has 0 bridgehead atoms. The van der Waals surface area contributed by atoms with Crippen molar-refractivity contribution < 1.29 is 14.3 Å². The second-order valence-electron chi connectivity index (χ2n) is 8.87. The maximum Gasteiger partial charge on any atom is 0.272 e. The Bertz CT molecular complexity index is 1400. The third kappa shape index (κ3) is 3.61. The minimum atomic E-state index is -0.371. The largest absolute Gasteiger partial charge is 0.497 e. The molecule has 6 heteroatoms. The van der Waals surface area contributed by atoms with E-state index in [1.54, 1.807) is 12.0 Å². The number of nitrogens with zero attached hydrogens (tertiary/aromatic N) is 2. The SMILES string of the molecule is COc1ccc([C@@H]2c3c(n(C)c4ccccc34)C(=O)N2CC(=O)Nc2cc(C)cc(C)c2)cc1. The first-order chi connectivity index (χ1) is 16.4. The summed E-state index contributed by atoms with van der Waals surface area (Å²) in [5.41, 5.74) is 6.37. The predicted molar refractivity (Wildman–Crippen MR) is 133 cm³/mol. The van der Waals surface area contributed by atoms with Gasteiger partial charge in [-0.2, -0.15) is 0 Å². The smallest absolute Gasteiger partial charge is 0.272 e. The van der Waals surface area contributed by atoms with Gasteiger partial charge in [0, 0.05) is 29.2 Å². The maximum atomic E-state index is 13.7. The molecule has 1 aliphatic rings. The van der Waals surface area contributed by atoms with Crippen molar-refractivity contribution in [3.8, 4) is 5.75 Å². The number of nitrogens with one attached hydrogen (secondary N) is 1. The fourth-order valence-electron chi connectivity index (χ4n) is 5.07. The highest BCUT2D eigenvalue weighted by Gasteiger charge is 2.42. The normalized spacial score (nSPS) is 15.0. The monoisotopic (exact) mass is 453 g/mol. The number of methoxy groups -OCH3 is 1. The number of hydrogen-bond acceptors (Lipinski definition) is 3. The molecule has 1 atom stereocenters. The molecule has 0 fully saturated rings. The lowest BCUT2D eigenvalue weighted by Gasteiger charge is -2.26. The Morgan fingerprint density at radius 1 is 1.00 bits per heavy atom. The van der Waals surface area contributed by atoms with E-state index < -0.39 is 0 Å². The van der Waals surface area contributed by atoms with Crippen LogP contribution in [0, 0.1) is 13.8 Å². The van der Waals surface area contributed by atoms with Gasteiger partial charge in [-0.05, 0) is 60.9 Å². The van der Waals surface area contributed by atoms with Crippen LogP contribution in [0.4, 0.5) is 5.69 Å². The highest BCUT2D eigenvalue weighted by atomic mass is 16.5. The highest BCUT2D eigenvalue weighted by molar-refractivity contribution is 6.08. The van der Waals surface area contributed by atoms with Crippen molar-refractivity contribution in [3.05, 3.63) is 94.7 Å². The number of hydrogen-bond donors (Lipinski definition) is 1. The topological polar surface area (TPSA) is 63.6 Å². The summed E-state index contributed by atoms with van der Waals surface area (Å²) >= 11 is 0. The number of amides is 2. The van der Waals surface area contributed by atoms with Gasteiger partial charge < -0.3 is 19.5 Å². The van der Waals surface area contributed by atoms with Crippen molar-refractivity contribution in [3.63, 3.8) is 0 Å². The molecule has 34 heavy (non-hydrogen) atoms. The van der Waals surface area contributed by atoms with Crippen LogP contribution in [-0.2, 0) is 11.8 Å². The molecule has 1 aliphatic heterocycles. The van der Waals surface area contributed by atoms with Crippen LogP contribution in [0.15, 0.2) is 66.7 Å². The summed E-state index contributed by atoms with van der Waals surface area (Å²) in [7, 11) is 3.53. The van der Waals surface area contributed by atoms with Gasteiger partial charge in [0.05, 0.1) is 13.2 Å². The van der Waals surface area contributed by atoms with Gasteiger partial charge in [0.15, 0.2) is 0 Å². The van der Waals surface area contributed by atoms with E-state index in [9.17, 15) is 9.59 Å². The van der Waals surface area contributed by atoms with E-state index in [1.807, 2.05) is 86.1 Å². The van der Waals surface area contributed by atoms with Crippen LogP contribution in [-0.4, -0.2) is 34.9 Å². The van der Waals surface area contributed by atoms with Gasteiger partial charge in [-0.1, -0.05) is 36.4 Å². The lowest BCUT2D eigenvalue weighted by molar-refractivity contribution is -0.117. The summed E-state index contributed by atoms with van der Waals surface area (Å²) < 4.78 is 7.26. The van der Waals surface area contributed by atoms with Gasteiger partial charge in [0.1, 0.15) is 18.0 Å². The standard InChI is InChI=1S/C28H27N3O3/c1-17-13-18(2)15-20(14-17)29-24(32)16-31-26(19-9-11-21(34-4)12-10-19)25-22-7-5-6-8-23(22)30(3)27(25)28(31)33/h5-15,26H,16H2,1-4H3,(H,29,32)/t26-/m1/s1. The molecule has 172 valence electrons. The lowest BCUT2D eigenvalue weighted by Crippen LogP contribution is -2.37. The second-order valence-corrected chi connectivity index (χ2v) is 8.87. The zero-order valence-corrected chi connectivity index (χ0v) is 19.8. The molecule has 0 saturated heterocycles. The molecule has 0 radical (unpaired) electrons. The average molecular weight is 454 g/mol. The molecule has 1 aromatic heterocycles. The van der Waals surface area contributed by atoms with Gasteiger partial charge in [-0.15, -0.1) is 0 Å². The Balaban J connectivity index is 1.55. The molecule has 0 saturated carbocycles. The highest BCUT2D eigenvalue weighted by Crippen LogP contribution is 2.44. The van der Waals surface area contributed by atoms with Gasteiger partial charge in [0.2, 0.25) is 5.91 Å². The van der Waals surface area contributed by atoms with E-state index in [1.165, 1.54) is 0 Å². The number of aryl methyl sites for hydroxylation is 3. The molecule has 6 nitrogen and oxygen atoms in total. The van der Waals surface area contributed by atoms with Crippen LogP contribution < -0.4 is 10.1 Å². The number of para-hydroxylation sites is 1. The number of rotatable bonds is 5. The van der Waals surface area contributed by atoms with Crippen molar-refractivity contribution in [2.24, 2.45) is 7.05 Å². The first kappa shape index (κ1) is 21.8. The first-order valence-corrected chi connectivity index (χ1v) is 11.3. The number of benzene rings is 3. The average Bonchev–Trinajstić information content (AvgIpc) is 3.26. The molecular weight excluding hydrogens is 426 g/mol. The molecule has 0 aliphatic carbocycles. The van der Waals surface area contributed by atoms with E-state index in [4.69, 9.17) is 4.74 Å². The Hall–Kier alpha value is -4.06. The number of carbonyl (C=O) groups excluding carboxylic acids is 2. The molecule has 3 aromatic carbocycles. The summed E-state index contributed by atoms with van der Waals surface area (Å²) in [5.74, 6) is 0.365. The van der Waals surface area contributed by atoms with Gasteiger partial charge in [-0.3, -0.25) is 9.59 Å². The fraction of sp³-hybridized carbons (Fsp3) is 0.214. The summed E-state index contributed by atoms with van der Waals surface area (Å²) in [5, 5.41) is 3.99. The van der Waals surface area contributed by atoms with Crippen LogP contribution in [0.1, 0.15) is 38.8 Å². The van der Waals surface area contributed by atoms with Crippen molar-refractivity contribution in [2.45, 2.75) is 19.9 Å². The Kier molecular flexibility index (Phi) is 5.36. The molecule has 5 rings (SSSR count).